The number of benzene rings is 2. The third-order valence-electron chi connectivity index (χ3n) is 6.30. The minimum Gasteiger partial charge on any atom is -0.494 e. The second kappa shape index (κ2) is 16.4. The molecule has 0 radical (unpaired) electrons. The lowest BCUT2D eigenvalue weighted by molar-refractivity contribution is -0.146. The van der Waals surface area contributed by atoms with Crippen LogP contribution in [0.4, 0.5) is 0 Å². The summed E-state index contributed by atoms with van der Waals surface area (Å²) in [6.07, 6.45) is 11.6. The molecular formula is C31H46O3. The van der Waals surface area contributed by atoms with Crippen LogP contribution in [0.5, 0.6) is 5.75 Å². The Morgan fingerprint density at radius 2 is 1.38 bits per heavy atom. The molecule has 0 fully saturated rings. The van der Waals surface area contributed by atoms with Gasteiger partial charge in [-0.2, -0.15) is 0 Å². The summed E-state index contributed by atoms with van der Waals surface area (Å²) in [5.41, 5.74) is 3.32. The van der Waals surface area contributed by atoms with Gasteiger partial charge in [-0.1, -0.05) is 115 Å². The van der Waals surface area contributed by atoms with E-state index < -0.39 is 0 Å². The predicted molar refractivity (Wildman–Crippen MR) is 143 cm³/mol. The third kappa shape index (κ3) is 11.7. The van der Waals surface area contributed by atoms with Crippen LogP contribution >= 0.6 is 0 Å². The van der Waals surface area contributed by atoms with E-state index in [-0.39, 0.29) is 5.97 Å². The van der Waals surface area contributed by atoms with E-state index >= 15 is 0 Å². The number of ether oxygens (including phenoxy) is 2. The molecule has 2 aromatic carbocycles. The van der Waals surface area contributed by atoms with Crippen LogP contribution < -0.4 is 4.74 Å². The lowest BCUT2D eigenvalue weighted by atomic mass is 9.97. The second-order valence-electron chi connectivity index (χ2n) is 10.1. The van der Waals surface area contributed by atoms with Gasteiger partial charge in [-0.15, -0.1) is 0 Å². The van der Waals surface area contributed by atoms with Crippen molar-refractivity contribution in [2.24, 2.45) is 11.8 Å². The minimum atomic E-state index is -0.0994. The van der Waals surface area contributed by atoms with Crippen molar-refractivity contribution in [1.82, 2.24) is 0 Å². The van der Waals surface area contributed by atoms with E-state index in [1.54, 1.807) is 0 Å². The number of unbranched alkanes of at least 4 members (excludes halogenated alkanes) is 5. The molecule has 0 amide bonds. The summed E-state index contributed by atoms with van der Waals surface area (Å²) in [7, 11) is 0. The Bertz CT molecular complexity index is 792. The molecule has 3 nitrogen and oxygen atoms in total. The molecule has 0 heterocycles. The Balaban J connectivity index is 1.70. The maximum absolute atomic E-state index is 12.2. The quantitative estimate of drug-likeness (QED) is 0.172. The SMILES string of the molecule is CCCCCCCCOc1ccc(-c2ccc(COC(=O)C[C@@H](C)CCCC(C)C)cc2)cc1. The Morgan fingerprint density at radius 3 is 2.03 bits per heavy atom. The molecule has 0 aliphatic carbocycles. The summed E-state index contributed by atoms with van der Waals surface area (Å²) < 4.78 is 11.4. The maximum Gasteiger partial charge on any atom is 0.306 e. The molecule has 0 aliphatic heterocycles. The van der Waals surface area contributed by atoms with Gasteiger partial charge in [0, 0.05) is 6.42 Å². The van der Waals surface area contributed by atoms with Crippen molar-refractivity contribution in [3.63, 3.8) is 0 Å². The summed E-state index contributed by atoms with van der Waals surface area (Å²) in [5, 5.41) is 0. The summed E-state index contributed by atoms with van der Waals surface area (Å²) in [4.78, 5) is 12.2. The van der Waals surface area contributed by atoms with Crippen molar-refractivity contribution >= 4 is 5.97 Å². The molecule has 2 aromatic rings. The first-order chi connectivity index (χ1) is 16.5. The van der Waals surface area contributed by atoms with Gasteiger partial charge in [0.1, 0.15) is 12.4 Å². The van der Waals surface area contributed by atoms with Gasteiger partial charge in [-0.25, -0.2) is 0 Å². The van der Waals surface area contributed by atoms with E-state index in [4.69, 9.17) is 9.47 Å². The lowest BCUT2D eigenvalue weighted by Crippen LogP contribution is -2.10. The van der Waals surface area contributed by atoms with Gasteiger partial charge >= 0.3 is 5.97 Å². The van der Waals surface area contributed by atoms with Crippen molar-refractivity contribution in [3.8, 4) is 16.9 Å². The first kappa shape index (κ1) is 28.0. The van der Waals surface area contributed by atoms with Crippen LogP contribution in [0.3, 0.4) is 0 Å². The molecule has 0 saturated carbocycles. The van der Waals surface area contributed by atoms with Crippen LogP contribution in [0.25, 0.3) is 11.1 Å². The smallest absolute Gasteiger partial charge is 0.306 e. The largest absolute Gasteiger partial charge is 0.494 e. The van der Waals surface area contributed by atoms with Crippen LogP contribution in [-0.2, 0) is 16.1 Å². The highest BCUT2D eigenvalue weighted by molar-refractivity contribution is 5.69. The maximum atomic E-state index is 12.2. The Hall–Kier alpha value is -2.29. The first-order valence-electron chi connectivity index (χ1n) is 13.5. The van der Waals surface area contributed by atoms with E-state index in [1.807, 2.05) is 24.3 Å². The number of hydrogen-bond donors (Lipinski definition) is 0. The molecule has 0 aromatic heterocycles. The number of esters is 1. The van der Waals surface area contributed by atoms with Crippen molar-refractivity contribution in [2.75, 3.05) is 6.61 Å². The molecule has 0 saturated heterocycles. The van der Waals surface area contributed by atoms with E-state index in [9.17, 15) is 4.79 Å². The fourth-order valence-electron chi connectivity index (χ4n) is 4.09. The zero-order chi connectivity index (χ0) is 24.6. The van der Waals surface area contributed by atoms with Crippen LogP contribution in [-0.4, -0.2) is 12.6 Å². The fraction of sp³-hybridized carbons (Fsp3) is 0.581. The molecule has 2 rings (SSSR count). The summed E-state index contributed by atoms with van der Waals surface area (Å²) in [6, 6.07) is 16.6. The molecular weight excluding hydrogens is 420 g/mol. The van der Waals surface area contributed by atoms with Crippen molar-refractivity contribution in [3.05, 3.63) is 54.1 Å². The van der Waals surface area contributed by atoms with Gasteiger partial charge < -0.3 is 9.47 Å². The second-order valence-corrected chi connectivity index (χ2v) is 10.1. The number of carbonyl (C=O) groups is 1. The lowest BCUT2D eigenvalue weighted by Gasteiger charge is -2.12. The monoisotopic (exact) mass is 466 g/mol. The molecule has 0 aliphatic rings. The molecule has 0 unspecified atom stereocenters. The van der Waals surface area contributed by atoms with Crippen molar-refractivity contribution in [2.45, 2.75) is 98.5 Å². The van der Waals surface area contributed by atoms with Gasteiger partial charge in [0.05, 0.1) is 6.61 Å². The summed E-state index contributed by atoms with van der Waals surface area (Å²) in [6.45, 7) is 9.99. The minimum absolute atomic E-state index is 0.0994. The summed E-state index contributed by atoms with van der Waals surface area (Å²) in [5.74, 6) is 1.94. The average molecular weight is 467 g/mol. The first-order valence-corrected chi connectivity index (χ1v) is 13.5. The Morgan fingerprint density at radius 1 is 0.765 bits per heavy atom. The van der Waals surface area contributed by atoms with Gasteiger partial charge in [0.2, 0.25) is 0 Å². The van der Waals surface area contributed by atoms with Crippen LogP contribution in [0, 0.1) is 11.8 Å². The molecule has 0 bridgehead atoms. The highest BCUT2D eigenvalue weighted by atomic mass is 16.5. The van der Waals surface area contributed by atoms with Gasteiger partial charge in [0.25, 0.3) is 0 Å². The zero-order valence-corrected chi connectivity index (χ0v) is 22.0. The highest BCUT2D eigenvalue weighted by Crippen LogP contribution is 2.23. The third-order valence-corrected chi connectivity index (χ3v) is 6.30. The van der Waals surface area contributed by atoms with E-state index in [2.05, 4.69) is 52.0 Å². The van der Waals surface area contributed by atoms with Crippen LogP contribution in [0.15, 0.2) is 48.5 Å². The standard InChI is InChI=1S/C31H46O3/c1-5-6-7-8-9-10-22-33-30-20-18-29(19-21-30)28-16-14-27(15-17-28)24-34-31(32)23-26(4)13-11-12-25(2)3/h14-21,25-26H,5-13,22-24H2,1-4H3/t26-/m0/s1. The van der Waals surface area contributed by atoms with Crippen molar-refractivity contribution in [1.29, 1.82) is 0 Å². The molecule has 0 N–H and O–H groups in total. The van der Waals surface area contributed by atoms with Gasteiger partial charge in [-0.05, 0) is 47.1 Å². The number of rotatable bonds is 17. The zero-order valence-electron chi connectivity index (χ0n) is 22.0. The molecule has 3 heteroatoms. The normalized spacial score (nSPS) is 12.0. The Labute approximate surface area is 208 Å². The molecule has 34 heavy (non-hydrogen) atoms. The highest BCUT2D eigenvalue weighted by Gasteiger charge is 2.11. The van der Waals surface area contributed by atoms with E-state index in [0.29, 0.717) is 18.9 Å². The molecule has 188 valence electrons. The van der Waals surface area contributed by atoms with E-state index in [1.165, 1.54) is 44.9 Å². The van der Waals surface area contributed by atoms with Gasteiger partial charge in [-0.3, -0.25) is 4.79 Å². The topological polar surface area (TPSA) is 35.5 Å². The fourth-order valence-corrected chi connectivity index (χ4v) is 4.09. The molecule has 1 atom stereocenters. The van der Waals surface area contributed by atoms with Crippen LogP contribution in [0.2, 0.25) is 0 Å². The van der Waals surface area contributed by atoms with E-state index in [0.717, 1.165) is 47.8 Å². The Kier molecular flexibility index (Phi) is 13.4. The molecule has 0 spiro atoms. The number of carbonyl (C=O) groups excluding carboxylic acids is 1. The van der Waals surface area contributed by atoms with Crippen molar-refractivity contribution < 1.29 is 14.3 Å². The van der Waals surface area contributed by atoms with Gasteiger partial charge in [0.15, 0.2) is 0 Å². The average Bonchev–Trinajstić information content (AvgIpc) is 2.83. The predicted octanol–water partition coefficient (Wildman–Crippen LogP) is 8.99. The summed E-state index contributed by atoms with van der Waals surface area (Å²) >= 11 is 0. The number of hydrogen-bond acceptors (Lipinski definition) is 3. The van der Waals surface area contributed by atoms with Crippen LogP contribution in [0.1, 0.15) is 97.5 Å².